The molecule has 3 N–H and O–H groups in total. The molecule has 9 heteroatoms. The number of benzene rings is 1. The summed E-state index contributed by atoms with van der Waals surface area (Å²) >= 11 is 5.77. The summed E-state index contributed by atoms with van der Waals surface area (Å²) in [6.07, 6.45) is 1.28. The second kappa shape index (κ2) is 11.5. The van der Waals surface area contributed by atoms with Crippen molar-refractivity contribution in [2.24, 2.45) is 17.8 Å². The Labute approximate surface area is 204 Å². The number of halogens is 1. The highest BCUT2D eigenvalue weighted by molar-refractivity contribution is 6.28. The number of aromatic amines is 1. The highest BCUT2D eigenvalue weighted by Gasteiger charge is 2.33. The molecule has 184 valence electrons. The molecule has 1 aliphatic rings. The summed E-state index contributed by atoms with van der Waals surface area (Å²) < 4.78 is 5.36. The Hall–Kier alpha value is -2.87. The zero-order chi connectivity index (χ0) is 24.8. The van der Waals surface area contributed by atoms with Crippen LogP contribution in [0.25, 0.3) is 10.9 Å². The highest BCUT2D eigenvalue weighted by atomic mass is 35.5. The maximum Gasteiger partial charge on any atom is 0.224 e. The van der Waals surface area contributed by atoms with Crippen molar-refractivity contribution in [2.45, 2.75) is 45.6 Å². The molecule has 34 heavy (non-hydrogen) atoms. The van der Waals surface area contributed by atoms with Crippen molar-refractivity contribution in [2.75, 3.05) is 19.5 Å². The van der Waals surface area contributed by atoms with Crippen LogP contribution >= 0.6 is 11.6 Å². The number of rotatable bonds is 12. The van der Waals surface area contributed by atoms with Crippen LogP contribution in [0.4, 0.5) is 0 Å². The number of ketones is 2. The van der Waals surface area contributed by atoms with Crippen molar-refractivity contribution in [3.8, 4) is 5.75 Å². The number of hydrogen-bond donors (Lipinski definition) is 3. The van der Waals surface area contributed by atoms with Gasteiger partial charge in [0.1, 0.15) is 5.75 Å². The minimum Gasteiger partial charge on any atom is -0.496 e. The Bertz CT molecular complexity index is 1060. The van der Waals surface area contributed by atoms with Crippen LogP contribution in [-0.2, 0) is 14.4 Å². The van der Waals surface area contributed by atoms with Crippen molar-refractivity contribution in [3.63, 3.8) is 0 Å². The van der Waals surface area contributed by atoms with E-state index < -0.39 is 12.0 Å². The average molecular weight is 490 g/mol. The average Bonchev–Trinajstić information content (AvgIpc) is 3.43. The van der Waals surface area contributed by atoms with Gasteiger partial charge in [0.15, 0.2) is 11.6 Å². The number of Topliss-reactive ketones (excluding diaryl/α,β-unsaturated/α-hetero) is 2. The Morgan fingerprint density at radius 2 is 2.03 bits per heavy atom. The molecule has 0 radical (unpaired) electrons. The Kier molecular flexibility index (Phi) is 8.72. The number of fused-ring (bicyclic) bond motifs is 1. The number of nitrogens with one attached hydrogen (secondary N) is 3. The van der Waals surface area contributed by atoms with Crippen LogP contribution in [0.15, 0.2) is 24.3 Å². The third-order valence-corrected chi connectivity index (χ3v) is 6.49. The summed E-state index contributed by atoms with van der Waals surface area (Å²) in [4.78, 5) is 53.9. The summed E-state index contributed by atoms with van der Waals surface area (Å²) in [5, 5.41) is 6.32. The molecule has 1 aromatic heterocycles. The minimum atomic E-state index is -0.860. The van der Waals surface area contributed by atoms with E-state index in [4.69, 9.17) is 16.3 Å². The first-order valence-corrected chi connectivity index (χ1v) is 12.1. The largest absolute Gasteiger partial charge is 0.496 e. The molecule has 0 spiro atoms. The first-order chi connectivity index (χ1) is 16.2. The van der Waals surface area contributed by atoms with E-state index in [1.54, 1.807) is 13.2 Å². The molecule has 2 amide bonds. The predicted octanol–water partition coefficient (Wildman–Crippen LogP) is 3.23. The molecule has 0 unspecified atom stereocenters. The fourth-order valence-corrected chi connectivity index (χ4v) is 4.64. The van der Waals surface area contributed by atoms with E-state index in [0.29, 0.717) is 30.8 Å². The van der Waals surface area contributed by atoms with Crippen molar-refractivity contribution in [1.29, 1.82) is 0 Å². The van der Waals surface area contributed by atoms with Crippen LogP contribution in [-0.4, -0.2) is 53.9 Å². The molecular weight excluding hydrogens is 458 g/mol. The summed E-state index contributed by atoms with van der Waals surface area (Å²) in [5.41, 5.74) is 1.17. The fourth-order valence-electron chi connectivity index (χ4n) is 4.45. The monoisotopic (exact) mass is 489 g/mol. The zero-order valence-corrected chi connectivity index (χ0v) is 20.5. The quantitative estimate of drug-likeness (QED) is 0.312. The molecular formula is C25H32ClN3O5. The van der Waals surface area contributed by atoms with Gasteiger partial charge in [-0.1, -0.05) is 19.9 Å². The van der Waals surface area contributed by atoms with Crippen molar-refractivity contribution >= 4 is 45.9 Å². The first-order valence-electron chi connectivity index (χ1n) is 11.6. The second-order valence-electron chi connectivity index (χ2n) is 9.23. The molecule has 1 aliphatic heterocycles. The van der Waals surface area contributed by atoms with Gasteiger partial charge in [0, 0.05) is 35.7 Å². The van der Waals surface area contributed by atoms with Crippen LogP contribution in [0, 0.1) is 17.8 Å². The Balaban J connectivity index is 1.75. The second-order valence-corrected chi connectivity index (χ2v) is 9.50. The van der Waals surface area contributed by atoms with Crippen LogP contribution in [0.3, 0.4) is 0 Å². The Morgan fingerprint density at radius 1 is 1.26 bits per heavy atom. The maximum atomic E-state index is 13.2. The van der Waals surface area contributed by atoms with Crippen LogP contribution in [0.1, 0.15) is 50.0 Å². The molecule has 2 heterocycles. The van der Waals surface area contributed by atoms with E-state index >= 15 is 0 Å². The van der Waals surface area contributed by atoms with Gasteiger partial charge in [-0.15, -0.1) is 11.6 Å². The standard InChI is InChI=1S/C25H32ClN3O5/c1-14(2)9-16(11-21(30)20-12-17-18(28-20)5-4-6-23(17)34-3)25(33)29-19(22(31)13-26)10-15-7-8-27-24(15)32/h4-6,12,14-16,19,28H,7-11,13H2,1-3H3,(H,27,32)(H,29,33)/t15-,16+,19-/m0/s1. The lowest BCUT2D eigenvalue weighted by atomic mass is 9.89. The molecule has 3 atom stereocenters. The molecule has 1 saturated heterocycles. The normalized spacial score (nSPS) is 17.4. The van der Waals surface area contributed by atoms with Gasteiger partial charge in [0.05, 0.1) is 24.7 Å². The topological polar surface area (TPSA) is 117 Å². The van der Waals surface area contributed by atoms with Gasteiger partial charge in [-0.3, -0.25) is 19.2 Å². The van der Waals surface area contributed by atoms with Gasteiger partial charge >= 0.3 is 0 Å². The minimum absolute atomic E-state index is 0.00908. The van der Waals surface area contributed by atoms with E-state index in [1.165, 1.54) is 0 Å². The van der Waals surface area contributed by atoms with E-state index in [1.807, 2.05) is 32.0 Å². The van der Waals surface area contributed by atoms with E-state index in [9.17, 15) is 19.2 Å². The van der Waals surface area contributed by atoms with Crippen LogP contribution in [0.2, 0.25) is 0 Å². The van der Waals surface area contributed by atoms with E-state index in [2.05, 4.69) is 15.6 Å². The lowest BCUT2D eigenvalue weighted by Crippen LogP contribution is -2.46. The van der Waals surface area contributed by atoms with Gasteiger partial charge in [-0.05, 0) is 43.4 Å². The third kappa shape index (κ3) is 6.17. The number of carbonyl (C=O) groups is 4. The molecule has 3 rings (SSSR count). The number of aromatic nitrogens is 1. The molecule has 0 aliphatic carbocycles. The highest BCUT2D eigenvalue weighted by Crippen LogP contribution is 2.28. The van der Waals surface area contributed by atoms with Gasteiger partial charge in [0.2, 0.25) is 11.8 Å². The number of amides is 2. The summed E-state index contributed by atoms with van der Waals surface area (Å²) in [6.45, 7) is 4.50. The Morgan fingerprint density at radius 3 is 2.65 bits per heavy atom. The SMILES string of the molecule is COc1cccc2[nH]c(C(=O)C[C@@H](CC(C)C)C(=O)N[C@@H](C[C@@H]3CCNC3=O)C(=O)CCl)cc12. The van der Waals surface area contributed by atoms with E-state index in [-0.39, 0.29) is 53.9 Å². The van der Waals surface area contributed by atoms with E-state index in [0.717, 1.165) is 10.9 Å². The number of carbonyl (C=O) groups excluding carboxylic acids is 4. The summed E-state index contributed by atoms with van der Waals surface area (Å²) in [6, 6.07) is 6.38. The van der Waals surface area contributed by atoms with Gasteiger partial charge < -0.3 is 20.4 Å². The number of alkyl halides is 1. The van der Waals surface area contributed by atoms with Crippen molar-refractivity contribution in [1.82, 2.24) is 15.6 Å². The number of methoxy groups -OCH3 is 1. The maximum absolute atomic E-state index is 13.2. The molecule has 2 aromatic rings. The van der Waals surface area contributed by atoms with Gasteiger partial charge in [0.25, 0.3) is 0 Å². The smallest absolute Gasteiger partial charge is 0.224 e. The molecule has 0 saturated carbocycles. The van der Waals surface area contributed by atoms with Crippen molar-refractivity contribution < 1.29 is 23.9 Å². The number of ether oxygens (including phenoxy) is 1. The predicted molar refractivity (Wildman–Crippen MR) is 130 cm³/mol. The zero-order valence-electron chi connectivity index (χ0n) is 19.8. The summed E-state index contributed by atoms with van der Waals surface area (Å²) in [5.74, 6) is -1.45. The summed E-state index contributed by atoms with van der Waals surface area (Å²) in [7, 11) is 1.57. The molecule has 1 fully saturated rings. The fraction of sp³-hybridized carbons (Fsp3) is 0.520. The van der Waals surface area contributed by atoms with Gasteiger partial charge in [-0.25, -0.2) is 0 Å². The third-order valence-electron chi connectivity index (χ3n) is 6.22. The lowest BCUT2D eigenvalue weighted by Gasteiger charge is -2.23. The number of H-pyrrole nitrogens is 1. The molecule has 0 bridgehead atoms. The lowest BCUT2D eigenvalue weighted by molar-refractivity contribution is -0.131. The van der Waals surface area contributed by atoms with Crippen molar-refractivity contribution in [3.05, 3.63) is 30.0 Å². The first kappa shape index (κ1) is 25.7. The van der Waals surface area contributed by atoms with Gasteiger partial charge in [-0.2, -0.15) is 0 Å². The van der Waals surface area contributed by atoms with Crippen LogP contribution < -0.4 is 15.4 Å². The molecule has 1 aromatic carbocycles. The number of hydrogen-bond acceptors (Lipinski definition) is 5. The molecule has 8 nitrogen and oxygen atoms in total. The van der Waals surface area contributed by atoms with Crippen LogP contribution in [0.5, 0.6) is 5.75 Å².